The molecule has 0 aromatic heterocycles. The van der Waals surface area contributed by atoms with Gasteiger partial charge >= 0.3 is 6.09 Å². The zero-order valence-electron chi connectivity index (χ0n) is 8.41. The number of piperidine rings is 1. The largest absolute Gasteiger partial charge is 0.465 e. The van der Waals surface area contributed by atoms with E-state index in [0.717, 1.165) is 19.3 Å². The van der Waals surface area contributed by atoms with Crippen molar-refractivity contribution in [1.29, 1.82) is 0 Å². The summed E-state index contributed by atoms with van der Waals surface area (Å²) in [6.07, 6.45) is 1.77. The number of hydrogen-bond acceptors (Lipinski definition) is 2. The smallest absolute Gasteiger partial charge is 0.404 e. The lowest BCUT2D eigenvalue weighted by Crippen LogP contribution is -2.49. The summed E-state index contributed by atoms with van der Waals surface area (Å²) in [5.41, 5.74) is 0. The van der Waals surface area contributed by atoms with Crippen molar-refractivity contribution in [2.45, 2.75) is 25.3 Å². The van der Waals surface area contributed by atoms with Crippen molar-refractivity contribution in [3.05, 3.63) is 0 Å². The van der Waals surface area contributed by atoms with Crippen LogP contribution >= 0.6 is 11.6 Å². The van der Waals surface area contributed by atoms with Gasteiger partial charge in [0.2, 0.25) is 5.91 Å². The molecule has 0 aromatic carbocycles. The number of carbonyl (C=O) groups excluding carboxylic acids is 1. The fourth-order valence-corrected chi connectivity index (χ4v) is 1.98. The normalized spacial score (nSPS) is 21.1. The SMILES string of the molecule is O=C(O)NC[C@@H]1CCCCN1C(=O)CCl. The molecule has 1 aliphatic heterocycles. The Kier molecular flexibility index (Phi) is 4.68. The number of nitrogens with zero attached hydrogens (tertiary/aromatic N) is 1. The molecule has 1 saturated heterocycles. The Labute approximate surface area is 93.4 Å². The zero-order chi connectivity index (χ0) is 11.3. The lowest BCUT2D eigenvalue weighted by atomic mass is 10.0. The molecule has 0 aromatic rings. The first kappa shape index (κ1) is 12.1. The molecule has 6 heteroatoms. The number of amides is 2. The molecular formula is C9H15ClN2O3. The van der Waals surface area contributed by atoms with Gasteiger partial charge in [-0.2, -0.15) is 0 Å². The van der Waals surface area contributed by atoms with E-state index in [4.69, 9.17) is 16.7 Å². The summed E-state index contributed by atoms with van der Waals surface area (Å²) < 4.78 is 0. The van der Waals surface area contributed by atoms with E-state index in [1.807, 2.05) is 0 Å². The molecule has 0 spiro atoms. The maximum absolute atomic E-state index is 11.4. The zero-order valence-corrected chi connectivity index (χ0v) is 9.16. The van der Waals surface area contributed by atoms with Gasteiger partial charge < -0.3 is 15.3 Å². The average molecular weight is 235 g/mol. The molecule has 0 radical (unpaired) electrons. The van der Waals surface area contributed by atoms with Crippen molar-refractivity contribution >= 4 is 23.6 Å². The van der Waals surface area contributed by atoms with Gasteiger partial charge in [0.15, 0.2) is 0 Å². The van der Waals surface area contributed by atoms with Crippen LogP contribution in [0.4, 0.5) is 4.79 Å². The molecule has 2 amide bonds. The second-order valence-corrected chi connectivity index (χ2v) is 3.82. The van der Waals surface area contributed by atoms with E-state index < -0.39 is 6.09 Å². The molecule has 0 aliphatic carbocycles. The molecule has 86 valence electrons. The fraction of sp³-hybridized carbons (Fsp3) is 0.778. The van der Waals surface area contributed by atoms with Gasteiger partial charge in [0.1, 0.15) is 5.88 Å². The predicted octanol–water partition coefficient (Wildman–Crippen LogP) is 0.874. The molecule has 0 bridgehead atoms. The maximum atomic E-state index is 11.4. The monoisotopic (exact) mass is 234 g/mol. The van der Waals surface area contributed by atoms with Crippen LogP contribution in [-0.2, 0) is 4.79 Å². The Bertz CT molecular complexity index is 248. The minimum atomic E-state index is -1.06. The highest BCUT2D eigenvalue weighted by molar-refractivity contribution is 6.27. The molecule has 1 heterocycles. The van der Waals surface area contributed by atoms with E-state index in [9.17, 15) is 9.59 Å². The number of hydrogen-bond donors (Lipinski definition) is 2. The molecule has 5 nitrogen and oxygen atoms in total. The number of carbonyl (C=O) groups is 2. The molecule has 1 aliphatic rings. The Morgan fingerprint density at radius 1 is 1.47 bits per heavy atom. The van der Waals surface area contributed by atoms with Crippen LogP contribution in [-0.4, -0.2) is 47.0 Å². The number of carboxylic acid groups (broad SMARTS) is 1. The van der Waals surface area contributed by atoms with Crippen LogP contribution in [0.2, 0.25) is 0 Å². The molecule has 1 atom stereocenters. The average Bonchev–Trinajstić information content (AvgIpc) is 2.25. The summed E-state index contributed by atoms with van der Waals surface area (Å²) in [6.45, 7) is 0.968. The van der Waals surface area contributed by atoms with Gasteiger partial charge in [0.25, 0.3) is 0 Å². The van der Waals surface area contributed by atoms with Crippen LogP contribution < -0.4 is 5.32 Å². The maximum Gasteiger partial charge on any atom is 0.404 e. The highest BCUT2D eigenvalue weighted by Crippen LogP contribution is 2.16. The van der Waals surface area contributed by atoms with E-state index in [0.29, 0.717) is 6.54 Å². The van der Waals surface area contributed by atoms with Crippen molar-refractivity contribution in [3.63, 3.8) is 0 Å². The second-order valence-electron chi connectivity index (χ2n) is 3.56. The number of halogens is 1. The molecule has 1 fully saturated rings. The van der Waals surface area contributed by atoms with E-state index in [1.165, 1.54) is 0 Å². The summed E-state index contributed by atoms with van der Waals surface area (Å²) >= 11 is 5.49. The number of rotatable bonds is 3. The highest BCUT2D eigenvalue weighted by atomic mass is 35.5. The molecule has 1 rings (SSSR count). The number of alkyl halides is 1. The minimum absolute atomic E-state index is 0.0381. The van der Waals surface area contributed by atoms with Gasteiger partial charge in [-0.15, -0.1) is 11.6 Å². The Morgan fingerprint density at radius 2 is 2.20 bits per heavy atom. The predicted molar refractivity (Wildman–Crippen MR) is 56.1 cm³/mol. The molecule has 0 unspecified atom stereocenters. The highest BCUT2D eigenvalue weighted by Gasteiger charge is 2.26. The summed E-state index contributed by atoms with van der Waals surface area (Å²) in [4.78, 5) is 23.5. The Balaban J connectivity index is 2.49. The van der Waals surface area contributed by atoms with Crippen LogP contribution in [0.15, 0.2) is 0 Å². The summed E-state index contributed by atoms with van der Waals surface area (Å²) in [6, 6.07) is -0.0406. The number of nitrogens with one attached hydrogen (secondary N) is 1. The third-order valence-corrected chi connectivity index (χ3v) is 2.78. The fourth-order valence-electron chi connectivity index (χ4n) is 1.82. The first-order valence-corrected chi connectivity index (χ1v) is 5.51. The van der Waals surface area contributed by atoms with Gasteiger partial charge in [0, 0.05) is 19.1 Å². The van der Waals surface area contributed by atoms with Crippen molar-refractivity contribution in [3.8, 4) is 0 Å². The van der Waals surface area contributed by atoms with Gasteiger partial charge in [-0.1, -0.05) is 0 Å². The third-order valence-electron chi connectivity index (χ3n) is 2.55. The first-order chi connectivity index (χ1) is 7.15. The molecule has 0 saturated carbocycles. The van der Waals surface area contributed by atoms with E-state index in [-0.39, 0.29) is 24.4 Å². The molecule has 2 N–H and O–H groups in total. The summed E-state index contributed by atoms with van der Waals surface area (Å²) in [5, 5.41) is 10.8. The minimum Gasteiger partial charge on any atom is -0.465 e. The van der Waals surface area contributed by atoms with Gasteiger partial charge in [-0.3, -0.25) is 4.79 Å². The Hall–Kier alpha value is -0.970. The number of likely N-dealkylation sites (tertiary alicyclic amines) is 1. The van der Waals surface area contributed by atoms with Crippen molar-refractivity contribution in [1.82, 2.24) is 10.2 Å². The standard InChI is InChI=1S/C9H15ClN2O3/c10-5-8(13)12-4-2-1-3-7(12)6-11-9(14)15/h7,11H,1-6H2,(H,14,15)/t7-/m0/s1. The Morgan fingerprint density at radius 3 is 2.80 bits per heavy atom. The van der Waals surface area contributed by atoms with Crippen molar-refractivity contribution in [2.24, 2.45) is 0 Å². The van der Waals surface area contributed by atoms with E-state index in [1.54, 1.807) is 4.90 Å². The van der Waals surface area contributed by atoms with Crippen LogP contribution in [0, 0.1) is 0 Å². The second kappa shape index (κ2) is 5.80. The summed E-state index contributed by atoms with van der Waals surface area (Å²) in [7, 11) is 0. The lowest BCUT2D eigenvalue weighted by molar-refractivity contribution is -0.131. The van der Waals surface area contributed by atoms with Gasteiger partial charge in [-0.25, -0.2) is 4.79 Å². The van der Waals surface area contributed by atoms with Gasteiger partial charge in [-0.05, 0) is 19.3 Å². The molecular weight excluding hydrogens is 220 g/mol. The first-order valence-electron chi connectivity index (χ1n) is 4.97. The third kappa shape index (κ3) is 3.58. The quantitative estimate of drug-likeness (QED) is 0.712. The van der Waals surface area contributed by atoms with Crippen LogP contribution in [0.5, 0.6) is 0 Å². The van der Waals surface area contributed by atoms with Crippen molar-refractivity contribution in [2.75, 3.05) is 19.0 Å². The van der Waals surface area contributed by atoms with Crippen LogP contribution in [0.3, 0.4) is 0 Å². The van der Waals surface area contributed by atoms with Crippen LogP contribution in [0.1, 0.15) is 19.3 Å². The van der Waals surface area contributed by atoms with Crippen molar-refractivity contribution < 1.29 is 14.7 Å². The van der Waals surface area contributed by atoms with E-state index in [2.05, 4.69) is 5.32 Å². The van der Waals surface area contributed by atoms with Crippen LogP contribution in [0.25, 0.3) is 0 Å². The van der Waals surface area contributed by atoms with Gasteiger partial charge in [0.05, 0.1) is 0 Å². The lowest BCUT2D eigenvalue weighted by Gasteiger charge is -2.35. The topological polar surface area (TPSA) is 69.6 Å². The van der Waals surface area contributed by atoms with E-state index >= 15 is 0 Å². The summed E-state index contributed by atoms with van der Waals surface area (Å²) in [5.74, 6) is -0.155. The molecule has 15 heavy (non-hydrogen) atoms.